The van der Waals surface area contributed by atoms with Gasteiger partial charge < -0.3 is 0 Å². The van der Waals surface area contributed by atoms with E-state index in [1.54, 1.807) is 0 Å². The van der Waals surface area contributed by atoms with Crippen LogP contribution in [0, 0.1) is 0 Å². The molecule has 0 bridgehead atoms. The van der Waals surface area contributed by atoms with Gasteiger partial charge in [-0.2, -0.15) is 0 Å². The van der Waals surface area contributed by atoms with Crippen LogP contribution in [0.1, 0.15) is 0 Å². The van der Waals surface area contributed by atoms with Gasteiger partial charge in [0.05, 0.1) is 32.9 Å². The Morgan fingerprint density at radius 1 is 0.567 bits per heavy atom. The van der Waals surface area contributed by atoms with Gasteiger partial charge in [0, 0.05) is 12.4 Å². The van der Waals surface area contributed by atoms with Crippen molar-refractivity contribution in [2.24, 2.45) is 0 Å². The highest BCUT2D eigenvalue weighted by Gasteiger charge is 2.21. The fraction of sp³-hybridized carbons (Fsp3) is 0. The quantitative estimate of drug-likeness (QED) is 0.390. The smallest absolute Gasteiger partial charge is 0.266 e. The van der Waals surface area contributed by atoms with Crippen molar-refractivity contribution in [3.63, 3.8) is 0 Å². The van der Waals surface area contributed by atoms with Gasteiger partial charge in [0.1, 0.15) is 10.3 Å². The topological polar surface area (TPSA) is 104 Å². The monoisotopic (exact) mass is 438 g/mol. The second kappa shape index (κ2) is 6.45. The van der Waals surface area contributed by atoms with Crippen molar-refractivity contribution in [1.82, 2.24) is 19.1 Å². The first kappa shape index (κ1) is 18.4. The van der Waals surface area contributed by atoms with E-state index in [4.69, 9.17) is 23.2 Å². The van der Waals surface area contributed by atoms with E-state index in [0.29, 0.717) is 0 Å². The normalized spacial score (nSPS) is 11.5. The standard InChI is InChI=1S/C20H8Cl2N4O4/c21-15-5-9(1-3-23-15)25-17(27)11-7-13-14(8-12(11)18(25)28)20(30)26(19(13)29)10-2-4-24-16(22)6-10/h1-8H. The molecule has 0 atom stereocenters. The second-order valence-electron chi connectivity index (χ2n) is 6.51. The average Bonchev–Trinajstić information content (AvgIpc) is 3.11. The van der Waals surface area contributed by atoms with E-state index in [0.717, 1.165) is 9.13 Å². The molecule has 1 aromatic carbocycles. The van der Waals surface area contributed by atoms with Crippen LogP contribution in [0.3, 0.4) is 0 Å². The Balaban J connectivity index is 1.86. The Morgan fingerprint density at radius 3 is 1.20 bits per heavy atom. The molecule has 0 N–H and O–H groups in total. The highest BCUT2D eigenvalue weighted by molar-refractivity contribution is 6.29. The van der Waals surface area contributed by atoms with E-state index in [9.17, 15) is 19.2 Å². The van der Waals surface area contributed by atoms with E-state index >= 15 is 0 Å². The summed E-state index contributed by atoms with van der Waals surface area (Å²) >= 11 is 11.7. The third-order valence-corrected chi connectivity index (χ3v) is 5.24. The molecule has 0 fully saturated rings. The molecule has 5 aromatic rings. The third kappa shape index (κ3) is 2.54. The predicted octanol–water partition coefficient (Wildman–Crippen LogP) is 1.99. The van der Waals surface area contributed by atoms with Crippen LogP contribution in [0.25, 0.3) is 32.9 Å². The van der Waals surface area contributed by atoms with E-state index in [2.05, 4.69) is 9.97 Å². The molecule has 5 rings (SSSR count). The summed E-state index contributed by atoms with van der Waals surface area (Å²) in [5, 5.41) is 0.349. The zero-order valence-electron chi connectivity index (χ0n) is 14.8. The molecule has 4 heterocycles. The van der Waals surface area contributed by atoms with E-state index in [-0.39, 0.29) is 43.2 Å². The number of halogens is 2. The Morgan fingerprint density at radius 2 is 0.900 bits per heavy atom. The summed E-state index contributed by atoms with van der Waals surface area (Å²) in [4.78, 5) is 59.3. The first-order valence-corrected chi connectivity index (χ1v) is 9.31. The summed E-state index contributed by atoms with van der Waals surface area (Å²) in [6, 6.07) is 8.23. The highest BCUT2D eigenvalue weighted by Crippen LogP contribution is 2.18. The highest BCUT2D eigenvalue weighted by atomic mass is 35.5. The lowest BCUT2D eigenvalue weighted by atomic mass is 10.1. The van der Waals surface area contributed by atoms with Crippen molar-refractivity contribution >= 4 is 44.7 Å². The molecule has 30 heavy (non-hydrogen) atoms. The Labute approximate surface area is 175 Å². The summed E-state index contributed by atoms with van der Waals surface area (Å²) in [5.41, 5.74) is -1.99. The van der Waals surface area contributed by atoms with Crippen LogP contribution in [0.2, 0.25) is 10.3 Å². The molecule has 0 amide bonds. The minimum Gasteiger partial charge on any atom is -0.268 e. The largest absolute Gasteiger partial charge is 0.268 e. The van der Waals surface area contributed by atoms with Gasteiger partial charge in [0.25, 0.3) is 22.2 Å². The molecule has 4 aromatic heterocycles. The number of benzene rings is 1. The zero-order valence-corrected chi connectivity index (χ0v) is 16.3. The zero-order chi connectivity index (χ0) is 21.2. The lowest BCUT2D eigenvalue weighted by Crippen LogP contribution is -2.24. The molecule has 0 aliphatic rings. The maximum absolute atomic E-state index is 12.9. The molecule has 0 aliphatic heterocycles. The predicted molar refractivity (Wildman–Crippen MR) is 113 cm³/mol. The minimum atomic E-state index is -0.620. The van der Waals surface area contributed by atoms with Crippen LogP contribution in [0.5, 0.6) is 0 Å². The van der Waals surface area contributed by atoms with Crippen molar-refractivity contribution in [1.29, 1.82) is 0 Å². The summed E-state index contributed by atoms with van der Waals surface area (Å²) in [5.74, 6) is 0. The van der Waals surface area contributed by atoms with Crippen molar-refractivity contribution in [2.45, 2.75) is 0 Å². The van der Waals surface area contributed by atoms with E-state index in [1.807, 2.05) is 0 Å². The van der Waals surface area contributed by atoms with Crippen molar-refractivity contribution in [2.75, 3.05) is 0 Å². The van der Waals surface area contributed by atoms with E-state index < -0.39 is 22.2 Å². The first-order valence-electron chi connectivity index (χ1n) is 8.55. The van der Waals surface area contributed by atoms with E-state index in [1.165, 1.54) is 48.8 Å². The maximum Gasteiger partial charge on any atom is 0.266 e. The fourth-order valence-corrected chi connectivity index (χ4v) is 3.84. The van der Waals surface area contributed by atoms with Crippen LogP contribution in [0.15, 0.2) is 68.0 Å². The second-order valence-corrected chi connectivity index (χ2v) is 7.28. The molecular weight excluding hydrogens is 431 g/mol. The Bertz CT molecular complexity index is 1510. The van der Waals surface area contributed by atoms with Crippen LogP contribution in [0.4, 0.5) is 0 Å². The van der Waals surface area contributed by atoms with Gasteiger partial charge in [0.2, 0.25) is 0 Å². The average molecular weight is 439 g/mol. The van der Waals surface area contributed by atoms with Gasteiger partial charge in [-0.05, 0) is 36.4 Å². The SMILES string of the molecule is O=c1c2cc3c(=O)n(-c4ccnc(Cl)c4)c(=O)c3cc2c(=O)n1-c1ccnc(Cl)c1. The fourth-order valence-electron chi connectivity index (χ4n) is 3.51. The number of aromatic nitrogens is 4. The van der Waals surface area contributed by atoms with Crippen molar-refractivity contribution < 1.29 is 0 Å². The van der Waals surface area contributed by atoms with Gasteiger partial charge in [-0.3, -0.25) is 19.2 Å². The lowest BCUT2D eigenvalue weighted by molar-refractivity contribution is 0.982. The number of fused-ring (bicyclic) bond motifs is 2. The summed E-state index contributed by atoms with van der Waals surface area (Å²) < 4.78 is 1.87. The van der Waals surface area contributed by atoms with Gasteiger partial charge >= 0.3 is 0 Å². The first-order chi connectivity index (χ1) is 14.4. The molecule has 0 saturated carbocycles. The Hall–Kier alpha value is -3.62. The molecule has 0 aliphatic carbocycles. The van der Waals surface area contributed by atoms with Crippen molar-refractivity contribution in [3.8, 4) is 11.4 Å². The number of pyridine rings is 2. The van der Waals surface area contributed by atoms with Crippen LogP contribution in [-0.4, -0.2) is 19.1 Å². The molecule has 0 radical (unpaired) electrons. The van der Waals surface area contributed by atoms with Crippen LogP contribution < -0.4 is 22.2 Å². The molecular formula is C20H8Cl2N4O4. The van der Waals surface area contributed by atoms with Crippen molar-refractivity contribution in [3.05, 3.63) is 101 Å². The summed E-state index contributed by atoms with van der Waals surface area (Å²) in [6.45, 7) is 0. The number of hydrogen-bond donors (Lipinski definition) is 0. The van der Waals surface area contributed by atoms with Crippen LogP contribution in [-0.2, 0) is 0 Å². The Kier molecular flexibility index (Phi) is 3.96. The number of hydrogen-bond acceptors (Lipinski definition) is 6. The van der Waals surface area contributed by atoms with Gasteiger partial charge in [0.15, 0.2) is 0 Å². The van der Waals surface area contributed by atoms with Gasteiger partial charge in [-0.1, -0.05) is 23.2 Å². The number of nitrogens with zero attached hydrogens (tertiary/aromatic N) is 4. The molecule has 0 saturated heterocycles. The summed E-state index contributed by atoms with van der Waals surface area (Å²) in [6.07, 6.45) is 2.73. The number of rotatable bonds is 2. The minimum absolute atomic E-state index is 0.0300. The molecule has 10 heteroatoms. The summed E-state index contributed by atoms with van der Waals surface area (Å²) in [7, 11) is 0. The lowest BCUT2D eigenvalue weighted by Gasteiger charge is -1.99. The molecule has 8 nitrogen and oxygen atoms in total. The molecule has 0 unspecified atom stereocenters. The van der Waals surface area contributed by atoms with Gasteiger partial charge in [-0.25, -0.2) is 19.1 Å². The third-order valence-electron chi connectivity index (χ3n) is 4.83. The van der Waals surface area contributed by atoms with Gasteiger partial charge in [-0.15, -0.1) is 0 Å². The molecule has 0 spiro atoms. The molecule has 146 valence electrons. The maximum atomic E-state index is 12.9. The van der Waals surface area contributed by atoms with Crippen LogP contribution >= 0.6 is 23.2 Å².